The Balaban J connectivity index is 2.00. The van der Waals surface area contributed by atoms with Crippen LogP contribution < -0.4 is 0 Å². The van der Waals surface area contributed by atoms with Crippen LogP contribution in [0, 0.1) is 0 Å². The monoisotopic (exact) mass is 219 g/mol. The second-order valence-corrected chi connectivity index (χ2v) is 5.07. The van der Waals surface area contributed by atoms with Crippen molar-refractivity contribution in [2.75, 3.05) is 20.6 Å². The molecule has 2 heteroatoms. The molecule has 0 spiro atoms. The predicted octanol–water partition coefficient (Wildman–Crippen LogP) is 2.55. The fourth-order valence-electron chi connectivity index (χ4n) is 2.18. The Morgan fingerprint density at radius 3 is 2.31 bits per heavy atom. The third kappa shape index (κ3) is 2.63. The SMILES string of the molecule is CN(C)CC(O)c1ccc(C2CCC2)cc1. The molecule has 0 heterocycles. The van der Waals surface area contributed by atoms with Gasteiger partial charge in [0.1, 0.15) is 0 Å². The largest absolute Gasteiger partial charge is 0.387 e. The smallest absolute Gasteiger partial charge is 0.0916 e. The number of hydrogen-bond donors (Lipinski definition) is 1. The van der Waals surface area contributed by atoms with Gasteiger partial charge in [0, 0.05) is 6.54 Å². The molecule has 1 atom stereocenters. The Morgan fingerprint density at radius 2 is 1.88 bits per heavy atom. The van der Waals surface area contributed by atoms with Gasteiger partial charge in [-0.15, -0.1) is 0 Å². The normalized spacial score (nSPS) is 18.5. The van der Waals surface area contributed by atoms with Crippen LogP contribution in [0.1, 0.15) is 42.4 Å². The van der Waals surface area contributed by atoms with E-state index >= 15 is 0 Å². The Bertz CT molecular complexity index is 327. The maximum atomic E-state index is 9.95. The average Bonchev–Trinajstić information content (AvgIpc) is 2.15. The average molecular weight is 219 g/mol. The van der Waals surface area contributed by atoms with Crippen molar-refractivity contribution in [3.63, 3.8) is 0 Å². The van der Waals surface area contributed by atoms with Gasteiger partial charge in [-0.05, 0) is 44.0 Å². The molecule has 1 saturated carbocycles. The molecule has 0 aliphatic heterocycles. The van der Waals surface area contributed by atoms with Crippen LogP contribution in [0.25, 0.3) is 0 Å². The molecular weight excluding hydrogens is 198 g/mol. The zero-order chi connectivity index (χ0) is 11.5. The van der Waals surface area contributed by atoms with Crippen LogP contribution in [-0.2, 0) is 0 Å². The molecule has 88 valence electrons. The highest BCUT2D eigenvalue weighted by atomic mass is 16.3. The minimum Gasteiger partial charge on any atom is -0.387 e. The van der Waals surface area contributed by atoms with Crippen molar-refractivity contribution < 1.29 is 5.11 Å². The predicted molar refractivity (Wildman–Crippen MR) is 66.5 cm³/mol. The lowest BCUT2D eigenvalue weighted by molar-refractivity contribution is 0.138. The van der Waals surface area contributed by atoms with E-state index in [1.807, 2.05) is 19.0 Å². The fraction of sp³-hybridized carbons (Fsp3) is 0.571. The van der Waals surface area contributed by atoms with Crippen LogP contribution in [0.2, 0.25) is 0 Å². The lowest BCUT2D eigenvalue weighted by atomic mass is 9.80. The van der Waals surface area contributed by atoms with E-state index < -0.39 is 0 Å². The third-order valence-electron chi connectivity index (χ3n) is 3.44. The van der Waals surface area contributed by atoms with Crippen molar-refractivity contribution in [2.45, 2.75) is 31.3 Å². The highest BCUT2D eigenvalue weighted by Crippen LogP contribution is 2.36. The molecule has 2 nitrogen and oxygen atoms in total. The summed E-state index contributed by atoms with van der Waals surface area (Å²) in [4.78, 5) is 2.00. The van der Waals surface area contributed by atoms with Gasteiger partial charge in [-0.1, -0.05) is 30.7 Å². The molecule has 0 amide bonds. The van der Waals surface area contributed by atoms with Crippen LogP contribution in [0.15, 0.2) is 24.3 Å². The molecule has 1 aliphatic carbocycles. The van der Waals surface area contributed by atoms with Crippen LogP contribution in [0.4, 0.5) is 0 Å². The molecule has 0 saturated heterocycles. The maximum absolute atomic E-state index is 9.95. The van der Waals surface area contributed by atoms with Crippen LogP contribution in [-0.4, -0.2) is 30.6 Å². The van der Waals surface area contributed by atoms with Crippen LogP contribution in [0.3, 0.4) is 0 Å². The Labute approximate surface area is 97.9 Å². The summed E-state index contributed by atoms with van der Waals surface area (Å²) in [6.07, 6.45) is 3.67. The number of nitrogens with zero attached hydrogens (tertiary/aromatic N) is 1. The summed E-state index contributed by atoms with van der Waals surface area (Å²) >= 11 is 0. The van der Waals surface area contributed by atoms with Crippen LogP contribution in [0.5, 0.6) is 0 Å². The van der Waals surface area contributed by atoms with Gasteiger partial charge in [-0.25, -0.2) is 0 Å². The first-order valence-electron chi connectivity index (χ1n) is 6.09. The number of rotatable bonds is 4. The molecule has 0 radical (unpaired) electrons. The summed E-state index contributed by atoms with van der Waals surface area (Å²) < 4.78 is 0. The van der Waals surface area contributed by atoms with Gasteiger partial charge >= 0.3 is 0 Å². The summed E-state index contributed by atoms with van der Waals surface area (Å²) in [5.74, 6) is 0.778. The first kappa shape index (κ1) is 11.6. The van der Waals surface area contributed by atoms with E-state index in [1.54, 1.807) is 0 Å². The van der Waals surface area contributed by atoms with E-state index in [9.17, 15) is 5.11 Å². The number of benzene rings is 1. The summed E-state index contributed by atoms with van der Waals surface area (Å²) in [5.41, 5.74) is 2.46. The Hall–Kier alpha value is -0.860. The van der Waals surface area contributed by atoms with E-state index in [0.29, 0.717) is 6.54 Å². The van der Waals surface area contributed by atoms with Crippen molar-refractivity contribution in [3.05, 3.63) is 35.4 Å². The third-order valence-corrected chi connectivity index (χ3v) is 3.44. The van der Waals surface area contributed by atoms with Gasteiger partial charge in [0.05, 0.1) is 6.10 Å². The molecule has 1 aromatic rings. The van der Waals surface area contributed by atoms with E-state index in [-0.39, 0.29) is 6.10 Å². The van der Waals surface area contributed by atoms with Gasteiger partial charge < -0.3 is 10.0 Å². The molecule has 2 rings (SSSR count). The number of likely N-dealkylation sites (N-methyl/N-ethyl adjacent to an activating group) is 1. The minimum atomic E-state index is -0.370. The summed E-state index contributed by atoms with van der Waals surface area (Å²) in [5, 5.41) is 9.95. The summed E-state index contributed by atoms with van der Waals surface area (Å²) in [6, 6.07) is 8.50. The second-order valence-electron chi connectivity index (χ2n) is 5.07. The molecule has 16 heavy (non-hydrogen) atoms. The van der Waals surface area contributed by atoms with Crippen LogP contribution >= 0.6 is 0 Å². The van der Waals surface area contributed by atoms with Crippen molar-refractivity contribution in [3.8, 4) is 0 Å². The zero-order valence-electron chi connectivity index (χ0n) is 10.2. The van der Waals surface area contributed by atoms with Crippen molar-refractivity contribution >= 4 is 0 Å². The molecule has 1 N–H and O–H groups in total. The fourth-order valence-corrected chi connectivity index (χ4v) is 2.18. The van der Waals surface area contributed by atoms with Gasteiger partial charge in [0.15, 0.2) is 0 Å². The topological polar surface area (TPSA) is 23.5 Å². The molecule has 0 bridgehead atoms. The Morgan fingerprint density at radius 1 is 1.25 bits per heavy atom. The zero-order valence-corrected chi connectivity index (χ0v) is 10.2. The lowest BCUT2D eigenvalue weighted by Crippen LogP contribution is -2.20. The van der Waals surface area contributed by atoms with E-state index in [0.717, 1.165) is 11.5 Å². The quantitative estimate of drug-likeness (QED) is 0.841. The van der Waals surface area contributed by atoms with E-state index in [4.69, 9.17) is 0 Å². The maximum Gasteiger partial charge on any atom is 0.0916 e. The number of hydrogen-bond acceptors (Lipinski definition) is 2. The van der Waals surface area contributed by atoms with Gasteiger partial charge in [-0.2, -0.15) is 0 Å². The minimum absolute atomic E-state index is 0.370. The van der Waals surface area contributed by atoms with Gasteiger partial charge in [0.25, 0.3) is 0 Å². The second kappa shape index (κ2) is 4.98. The number of aliphatic hydroxyl groups is 1. The summed E-state index contributed by atoms with van der Waals surface area (Å²) in [7, 11) is 3.96. The van der Waals surface area contributed by atoms with Crippen molar-refractivity contribution in [1.29, 1.82) is 0 Å². The molecule has 1 aliphatic rings. The number of aliphatic hydroxyl groups excluding tert-OH is 1. The molecule has 1 unspecified atom stereocenters. The Kier molecular flexibility index (Phi) is 3.62. The lowest BCUT2D eigenvalue weighted by Gasteiger charge is -2.26. The van der Waals surface area contributed by atoms with Crippen molar-refractivity contribution in [1.82, 2.24) is 4.90 Å². The summed E-state index contributed by atoms with van der Waals surface area (Å²) in [6.45, 7) is 0.683. The molecule has 1 fully saturated rings. The first-order valence-corrected chi connectivity index (χ1v) is 6.09. The molecule has 1 aromatic carbocycles. The highest BCUT2D eigenvalue weighted by molar-refractivity contribution is 5.27. The van der Waals surface area contributed by atoms with E-state index in [2.05, 4.69) is 24.3 Å². The van der Waals surface area contributed by atoms with Gasteiger partial charge in [0.2, 0.25) is 0 Å². The first-order chi connectivity index (χ1) is 7.66. The van der Waals surface area contributed by atoms with Gasteiger partial charge in [-0.3, -0.25) is 0 Å². The standard InChI is InChI=1S/C14H21NO/c1-15(2)10-14(16)13-8-6-12(7-9-13)11-4-3-5-11/h6-9,11,14,16H,3-5,10H2,1-2H3. The van der Waals surface area contributed by atoms with E-state index in [1.165, 1.54) is 24.8 Å². The van der Waals surface area contributed by atoms with Crippen molar-refractivity contribution in [2.24, 2.45) is 0 Å². The molecule has 0 aromatic heterocycles. The molecular formula is C14H21NO. The highest BCUT2D eigenvalue weighted by Gasteiger charge is 2.19.